The maximum atomic E-state index is 2.70. The van der Waals surface area contributed by atoms with Crippen LogP contribution >= 0.6 is 0 Å². The summed E-state index contributed by atoms with van der Waals surface area (Å²) in [4.78, 5) is 2.65. The molecular weight excluding hydrogens is 927 g/mol. The van der Waals surface area contributed by atoms with E-state index in [0.717, 1.165) is 11.8 Å². The van der Waals surface area contributed by atoms with Gasteiger partial charge in [0.1, 0.15) is 0 Å². The summed E-state index contributed by atoms with van der Waals surface area (Å²) < 4.78 is 0. The molecule has 0 aromatic heterocycles. The second kappa shape index (κ2) is 15.5. The van der Waals surface area contributed by atoms with Gasteiger partial charge >= 0.3 is 0 Å². The van der Waals surface area contributed by atoms with Gasteiger partial charge in [0.05, 0.1) is 5.41 Å². The summed E-state index contributed by atoms with van der Waals surface area (Å²) in [5.41, 5.74) is 31.0. The van der Waals surface area contributed by atoms with Crippen LogP contribution in [-0.4, -0.2) is 0 Å². The van der Waals surface area contributed by atoms with Crippen LogP contribution in [0.4, 0.5) is 17.1 Å². The maximum absolute atomic E-state index is 2.70. The molecule has 0 saturated heterocycles. The first-order valence-electron chi connectivity index (χ1n) is 29.1. The van der Waals surface area contributed by atoms with Gasteiger partial charge < -0.3 is 4.90 Å². The van der Waals surface area contributed by atoms with Gasteiger partial charge in [0.2, 0.25) is 0 Å². The van der Waals surface area contributed by atoms with Gasteiger partial charge in [-0.3, -0.25) is 0 Å². The molecule has 0 unspecified atom stereocenters. The van der Waals surface area contributed by atoms with E-state index >= 15 is 0 Å². The summed E-state index contributed by atoms with van der Waals surface area (Å²) in [5, 5.41) is 0. The standard InChI is InChI=1S/C76H69N/c1-72(2,3)48-27-33-67-62(41-48)63-42-49(73(4,5)6)28-34-68(63)76(67)66-26-14-11-20-57(66)60-32-30-54(44-70(60)76)77(52-18-15-17-47(40-52)55-22-16-23-61-58-21-9-12-24-64(58)74(7,8)71(55)61)53-29-31-59-56-19-10-13-25-65(56)75(69(59)43-53)50-36-45-35-46(38-50)39-51(75)37-45/h9-34,40-46,50-51H,35-39H2,1-8H3. The fourth-order valence-electron chi connectivity index (χ4n) is 17.9. The fraction of sp³-hybridized carbons (Fsp3) is 0.289. The maximum Gasteiger partial charge on any atom is 0.0726 e. The molecule has 0 heterocycles. The molecule has 378 valence electrons. The van der Waals surface area contributed by atoms with Gasteiger partial charge in [0.15, 0.2) is 0 Å². The molecule has 9 aromatic carbocycles. The zero-order chi connectivity index (χ0) is 52.1. The van der Waals surface area contributed by atoms with Crippen molar-refractivity contribution in [3.8, 4) is 55.6 Å². The van der Waals surface area contributed by atoms with Gasteiger partial charge in [-0.25, -0.2) is 0 Å². The van der Waals surface area contributed by atoms with Crippen molar-refractivity contribution in [3.05, 3.63) is 244 Å². The molecule has 8 aliphatic rings. The van der Waals surface area contributed by atoms with Gasteiger partial charge in [-0.2, -0.15) is 0 Å². The fourth-order valence-corrected chi connectivity index (χ4v) is 17.9. The first-order valence-corrected chi connectivity index (χ1v) is 29.1. The highest BCUT2D eigenvalue weighted by Crippen LogP contribution is 2.70. The molecule has 0 aliphatic heterocycles. The van der Waals surface area contributed by atoms with Crippen LogP contribution in [0.5, 0.6) is 0 Å². The number of rotatable bonds is 4. The molecule has 9 aromatic rings. The second-order valence-electron chi connectivity index (χ2n) is 27.3. The zero-order valence-corrected chi connectivity index (χ0v) is 46.2. The number of benzene rings is 9. The van der Waals surface area contributed by atoms with Gasteiger partial charge in [0, 0.05) is 27.9 Å². The quantitative estimate of drug-likeness (QED) is 0.170. The molecular formula is C76H69N. The lowest BCUT2D eigenvalue weighted by Gasteiger charge is -2.61. The molecule has 1 nitrogen and oxygen atoms in total. The van der Waals surface area contributed by atoms with Crippen LogP contribution in [0.25, 0.3) is 55.6 Å². The topological polar surface area (TPSA) is 3.24 Å². The molecule has 2 spiro atoms. The Morgan fingerprint density at radius 2 is 0.805 bits per heavy atom. The average molecular weight is 996 g/mol. The van der Waals surface area contributed by atoms with Crippen LogP contribution in [-0.2, 0) is 27.1 Å². The monoisotopic (exact) mass is 996 g/mol. The van der Waals surface area contributed by atoms with Crippen molar-refractivity contribution in [3.63, 3.8) is 0 Å². The number of hydrogen-bond acceptors (Lipinski definition) is 1. The van der Waals surface area contributed by atoms with E-state index in [1.165, 1.54) is 149 Å². The largest absolute Gasteiger partial charge is 0.310 e. The normalized spacial score (nSPS) is 22.5. The summed E-state index contributed by atoms with van der Waals surface area (Å²) in [6.07, 6.45) is 6.91. The minimum absolute atomic E-state index is 0.00627. The summed E-state index contributed by atoms with van der Waals surface area (Å²) in [7, 11) is 0. The summed E-state index contributed by atoms with van der Waals surface area (Å²) in [5.74, 6) is 3.12. The number of hydrogen-bond donors (Lipinski definition) is 0. The molecule has 0 radical (unpaired) electrons. The number of nitrogens with zero attached hydrogens (tertiary/aromatic N) is 1. The molecule has 17 rings (SSSR count). The lowest BCUT2D eigenvalue weighted by Crippen LogP contribution is -2.55. The van der Waals surface area contributed by atoms with Gasteiger partial charge in [0.25, 0.3) is 0 Å². The van der Waals surface area contributed by atoms with Crippen molar-refractivity contribution in [2.45, 2.75) is 115 Å². The Kier molecular flexibility index (Phi) is 9.25. The van der Waals surface area contributed by atoms with Gasteiger partial charge in [-0.05, 0) is 214 Å². The van der Waals surface area contributed by atoms with Crippen LogP contribution in [0, 0.1) is 23.7 Å². The van der Waals surface area contributed by atoms with E-state index in [9.17, 15) is 0 Å². The van der Waals surface area contributed by atoms with E-state index in [-0.39, 0.29) is 21.7 Å². The first kappa shape index (κ1) is 45.9. The van der Waals surface area contributed by atoms with E-state index < -0.39 is 5.41 Å². The van der Waals surface area contributed by atoms with Crippen LogP contribution in [0.1, 0.15) is 143 Å². The Bertz CT molecular complexity index is 3920. The lowest BCUT2D eigenvalue weighted by atomic mass is 9.43. The van der Waals surface area contributed by atoms with Crippen molar-refractivity contribution in [1.29, 1.82) is 0 Å². The molecule has 0 atom stereocenters. The third-order valence-electron chi connectivity index (χ3n) is 20.9. The third kappa shape index (κ3) is 6.02. The predicted molar refractivity (Wildman–Crippen MR) is 321 cm³/mol. The van der Waals surface area contributed by atoms with E-state index in [2.05, 4.69) is 248 Å². The van der Waals surface area contributed by atoms with Crippen molar-refractivity contribution in [1.82, 2.24) is 0 Å². The molecule has 8 aliphatic carbocycles. The molecule has 4 saturated carbocycles. The van der Waals surface area contributed by atoms with Gasteiger partial charge in [-0.1, -0.05) is 207 Å². The van der Waals surface area contributed by atoms with Crippen LogP contribution in [0.3, 0.4) is 0 Å². The third-order valence-corrected chi connectivity index (χ3v) is 20.9. The van der Waals surface area contributed by atoms with Gasteiger partial charge in [-0.15, -0.1) is 0 Å². The number of anilines is 3. The molecule has 4 bridgehead atoms. The van der Waals surface area contributed by atoms with Crippen LogP contribution < -0.4 is 4.90 Å². The highest BCUT2D eigenvalue weighted by molar-refractivity contribution is 5.98. The Balaban J connectivity index is 0.946. The molecule has 77 heavy (non-hydrogen) atoms. The Labute approximate surface area is 457 Å². The van der Waals surface area contributed by atoms with Crippen LogP contribution in [0.2, 0.25) is 0 Å². The predicted octanol–water partition coefficient (Wildman–Crippen LogP) is 19.8. The van der Waals surface area contributed by atoms with Crippen LogP contribution in [0.15, 0.2) is 188 Å². The summed E-state index contributed by atoms with van der Waals surface area (Å²) in [6.45, 7) is 19.0. The highest BCUT2D eigenvalue weighted by Gasteiger charge is 2.62. The Morgan fingerprint density at radius 1 is 0.351 bits per heavy atom. The molecule has 4 fully saturated rings. The lowest BCUT2D eigenvalue weighted by molar-refractivity contribution is -0.0399. The van der Waals surface area contributed by atoms with Crippen molar-refractivity contribution < 1.29 is 0 Å². The SMILES string of the molecule is CC(C)(C)c1ccc2c(c1)-c1cc(C(C)(C)C)ccc1C21c2ccccc2-c2ccc(N(c3cccc(-c4cccc5c4C(C)(C)c4ccccc4-5)c3)c3ccc4c(c3)C3(c5ccccc5-4)C4CC5CC(C4)CC3C5)cc21. The minimum atomic E-state index is -0.498. The van der Waals surface area contributed by atoms with E-state index in [1.807, 2.05) is 0 Å². The number of fused-ring (bicyclic) bond motifs is 16. The first-order chi connectivity index (χ1) is 37.1. The molecule has 1 heteroatoms. The van der Waals surface area contributed by atoms with E-state index in [1.54, 1.807) is 11.1 Å². The summed E-state index contributed by atoms with van der Waals surface area (Å²) in [6, 6.07) is 74.8. The Morgan fingerprint density at radius 3 is 1.42 bits per heavy atom. The zero-order valence-electron chi connectivity index (χ0n) is 46.2. The average Bonchev–Trinajstić information content (AvgIpc) is 4.27. The summed E-state index contributed by atoms with van der Waals surface area (Å²) >= 11 is 0. The van der Waals surface area contributed by atoms with Crippen molar-refractivity contribution in [2.24, 2.45) is 23.7 Å². The smallest absolute Gasteiger partial charge is 0.0726 e. The van der Waals surface area contributed by atoms with Crippen molar-refractivity contribution >= 4 is 17.1 Å². The molecule has 0 N–H and O–H groups in total. The Hall–Kier alpha value is -7.22. The van der Waals surface area contributed by atoms with Crippen molar-refractivity contribution in [2.75, 3.05) is 4.90 Å². The minimum Gasteiger partial charge on any atom is -0.310 e. The second-order valence-corrected chi connectivity index (χ2v) is 27.3. The van der Waals surface area contributed by atoms with E-state index in [0.29, 0.717) is 11.8 Å². The highest BCUT2D eigenvalue weighted by atomic mass is 15.1. The van der Waals surface area contributed by atoms with E-state index in [4.69, 9.17) is 0 Å². The molecule has 0 amide bonds.